The van der Waals surface area contributed by atoms with Gasteiger partial charge in [0.25, 0.3) is 0 Å². The summed E-state index contributed by atoms with van der Waals surface area (Å²) in [5.74, 6) is -0.190. The fourth-order valence-electron chi connectivity index (χ4n) is 1.92. The predicted molar refractivity (Wildman–Crippen MR) is 86.8 cm³/mol. The van der Waals surface area contributed by atoms with Crippen LogP contribution in [0, 0.1) is 0 Å². The number of rotatable bonds is 7. The van der Waals surface area contributed by atoms with E-state index in [9.17, 15) is 9.90 Å². The first-order chi connectivity index (χ1) is 9.77. The number of nitrogens with zero attached hydrogens (tertiary/aromatic N) is 1. The molecule has 0 aromatic heterocycles. The average Bonchev–Trinajstić information content (AvgIpc) is 2.34. The molecule has 6 heteroatoms. The molecule has 1 aromatic carbocycles. The summed E-state index contributed by atoms with van der Waals surface area (Å²) < 4.78 is 0. The minimum atomic E-state index is -0.915. The zero-order chi connectivity index (χ0) is 16.0. The predicted octanol–water partition coefficient (Wildman–Crippen LogP) is 2.87. The summed E-state index contributed by atoms with van der Waals surface area (Å²) in [6, 6.07) is 4.87. The lowest BCUT2D eigenvalue weighted by atomic mass is 10.1. The van der Waals surface area contributed by atoms with Crippen LogP contribution in [0.1, 0.15) is 31.4 Å². The molecule has 0 radical (unpaired) electrons. The van der Waals surface area contributed by atoms with Gasteiger partial charge in [-0.15, -0.1) is 0 Å². The molecule has 2 unspecified atom stereocenters. The van der Waals surface area contributed by atoms with Crippen molar-refractivity contribution in [1.82, 2.24) is 10.2 Å². The van der Waals surface area contributed by atoms with Gasteiger partial charge >= 0.3 is 0 Å². The van der Waals surface area contributed by atoms with Gasteiger partial charge < -0.3 is 15.3 Å². The van der Waals surface area contributed by atoms with Crippen molar-refractivity contribution in [3.63, 3.8) is 0 Å². The number of halogens is 2. The van der Waals surface area contributed by atoms with Crippen LogP contribution in [0.15, 0.2) is 18.2 Å². The molecule has 0 spiro atoms. The van der Waals surface area contributed by atoms with E-state index in [4.69, 9.17) is 23.2 Å². The minimum Gasteiger partial charge on any atom is -0.388 e. The van der Waals surface area contributed by atoms with E-state index in [1.165, 1.54) is 0 Å². The molecule has 0 saturated carbocycles. The van der Waals surface area contributed by atoms with Crippen LogP contribution in [0.3, 0.4) is 0 Å². The van der Waals surface area contributed by atoms with E-state index in [0.717, 1.165) is 13.0 Å². The van der Waals surface area contributed by atoms with Crippen LogP contribution in [0.25, 0.3) is 0 Å². The number of nitrogens with one attached hydrogen (secondary N) is 1. The second-order valence-corrected chi connectivity index (χ2v) is 6.36. The molecule has 1 amide bonds. The van der Waals surface area contributed by atoms with Gasteiger partial charge in [0, 0.05) is 16.1 Å². The summed E-state index contributed by atoms with van der Waals surface area (Å²) in [7, 11) is 3.97. The second-order valence-electron chi connectivity index (χ2n) is 5.48. The maximum Gasteiger partial charge on any atom is 0.223 e. The Balaban J connectivity index is 2.50. The molecule has 0 aliphatic rings. The van der Waals surface area contributed by atoms with Gasteiger partial charge in [-0.3, -0.25) is 4.79 Å². The molecular weight excluding hydrogens is 311 g/mol. The van der Waals surface area contributed by atoms with Gasteiger partial charge in [-0.2, -0.15) is 0 Å². The normalized spacial score (nSPS) is 14.0. The average molecular weight is 333 g/mol. The molecule has 118 valence electrons. The highest BCUT2D eigenvalue weighted by atomic mass is 35.5. The van der Waals surface area contributed by atoms with Crippen LogP contribution in [-0.4, -0.2) is 42.6 Å². The molecule has 0 fully saturated rings. The zero-order valence-electron chi connectivity index (χ0n) is 12.6. The van der Waals surface area contributed by atoms with Crippen LogP contribution in [-0.2, 0) is 4.79 Å². The molecule has 0 bridgehead atoms. The number of benzene rings is 1. The Hall–Kier alpha value is -0.810. The van der Waals surface area contributed by atoms with Gasteiger partial charge in [0.2, 0.25) is 5.91 Å². The number of aliphatic hydroxyl groups is 1. The van der Waals surface area contributed by atoms with Crippen molar-refractivity contribution in [2.24, 2.45) is 0 Å². The molecule has 1 aromatic rings. The van der Waals surface area contributed by atoms with Crippen molar-refractivity contribution in [2.75, 3.05) is 20.6 Å². The molecule has 0 aliphatic heterocycles. The van der Waals surface area contributed by atoms with Crippen LogP contribution in [0.2, 0.25) is 10.0 Å². The Bertz CT molecular complexity index is 460. The van der Waals surface area contributed by atoms with E-state index in [1.54, 1.807) is 18.2 Å². The molecule has 0 saturated heterocycles. The van der Waals surface area contributed by atoms with Crippen molar-refractivity contribution in [3.05, 3.63) is 33.8 Å². The molecule has 2 N–H and O–H groups in total. The van der Waals surface area contributed by atoms with Crippen LogP contribution in [0.5, 0.6) is 0 Å². The van der Waals surface area contributed by atoms with Crippen molar-refractivity contribution in [2.45, 2.75) is 31.9 Å². The van der Waals surface area contributed by atoms with E-state index in [2.05, 4.69) is 10.2 Å². The number of hydrogen-bond donors (Lipinski definition) is 2. The van der Waals surface area contributed by atoms with Crippen LogP contribution >= 0.6 is 23.2 Å². The topological polar surface area (TPSA) is 52.6 Å². The van der Waals surface area contributed by atoms with E-state index in [0.29, 0.717) is 15.6 Å². The van der Waals surface area contributed by atoms with Gasteiger partial charge in [0.1, 0.15) is 0 Å². The van der Waals surface area contributed by atoms with E-state index >= 15 is 0 Å². The highest BCUT2D eigenvalue weighted by molar-refractivity contribution is 6.34. The van der Waals surface area contributed by atoms with Crippen LogP contribution in [0.4, 0.5) is 0 Å². The molecule has 21 heavy (non-hydrogen) atoms. The maximum absolute atomic E-state index is 11.9. The second kappa shape index (κ2) is 8.59. The Morgan fingerprint density at radius 3 is 2.38 bits per heavy atom. The molecule has 1 rings (SSSR count). The molecule has 0 aliphatic carbocycles. The van der Waals surface area contributed by atoms with Gasteiger partial charge in [-0.05, 0) is 57.7 Å². The van der Waals surface area contributed by atoms with Gasteiger partial charge in [0.15, 0.2) is 0 Å². The van der Waals surface area contributed by atoms with Crippen molar-refractivity contribution in [1.29, 1.82) is 0 Å². The largest absolute Gasteiger partial charge is 0.388 e. The summed E-state index contributed by atoms with van der Waals surface area (Å²) in [5.41, 5.74) is 0.545. The quantitative estimate of drug-likeness (QED) is 0.807. The van der Waals surface area contributed by atoms with Crippen molar-refractivity contribution < 1.29 is 9.90 Å². The number of hydrogen-bond acceptors (Lipinski definition) is 3. The Morgan fingerprint density at radius 2 is 1.86 bits per heavy atom. The van der Waals surface area contributed by atoms with Crippen molar-refractivity contribution >= 4 is 29.1 Å². The monoisotopic (exact) mass is 332 g/mol. The van der Waals surface area contributed by atoms with E-state index < -0.39 is 6.10 Å². The fraction of sp³-hybridized carbons (Fsp3) is 0.533. The van der Waals surface area contributed by atoms with Gasteiger partial charge in [-0.1, -0.05) is 23.2 Å². The van der Waals surface area contributed by atoms with Crippen molar-refractivity contribution in [3.8, 4) is 0 Å². The van der Waals surface area contributed by atoms with Gasteiger partial charge in [-0.25, -0.2) is 0 Å². The lowest BCUT2D eigenvalue weighted by Crippen LogP contribution is -2.35. The smallest absolute Gasteiger partial charge is 0.223 e. The molecular formula is C15H22Cl2N2O2. The highest BCUT2D eigenvalue weighted by Gasteiger charge is 2.16. The molecule has 2 atom stereocenters. The fourth-order valence-corrected chi connectivity index (χ4v) is 2.46. The first-order valence-electron chi connectivity index (χ1n) is 6.86. The lowest BCUT2D eigenvalue weighted by molar-refractivity contribution is -0.123. The first-order valence-corrected chi connectivity index (χ1v) is 7.61. The third kappa shape index (κ3) is 7.14. The maximum atomic E-state index is 11.9. The minimum absolute atomic E-state index is 0.0109. The van der Waals surface area contributed by atoms with E-state index in [-0.39, 0.29) is 18.4 Å². The summed E-state index contributed by atoms with van der Waals surface area (Å²) in [4.78, 5) is 14.0. The summed E-state index contributed by atoms with van der Waals surface area (Å²) >= 11 is 11.8. The van der Waals surface area contributed by atoms with Gasteiger partial charge in [0.05, 0.1) is 12.5 Å². The summed E-state index contributed by atoms with van der Waals surface area (Å²) in [5, 5.41) is 13.8. The van der Waals surface area contributed by atoms with E-state index in [1.807, 2.05) is 21.0 Å². The number of carbonyl (C=O) groups excluding carboxylic acids is 1. The molecule has 0 heterocycles. The van der Waals surface area contributed by atoms with Crippen LogP contribution < -0.4 is 5.32 Å². The number of aliphatic hydroxyl groups excluding tert-OH is 1. The third-order valence-electron chi connectivity index (χ3n) is 3.07. The third-order valence-corrected chi connectivity index (χ3v) is 3.50. The number of carbonyl (C=O) groups is 1. The zero-order valence-corrected chi connectivity index (χ0v) is 14.1. The lowest BCUT2D eigenvalue weighted by Gasteiger charge is -2.18. The Morgan fingerprint density at radius 1 is 1.29 bits per heavy atom. The Kier molecular flexibility index (Phi) is 7.46. The molecule has 4 nitrogen and oxygen atoms in total. The Labute approximate surface area is 136 Å². The SMILES string of the molecule is CC(CCN(C)C)NC(=O)CC(O)c1cc(Cl)cc(Cl)c1. The first kappa shape index (κ1) is 18.2. The number of amides is 1. The highest BCUT2D eigenvalue weighted by Crippen LogP contribution is 2.25. The summed E-state index contributed by atoms with van der Waals surface area (Å²) in [6.45, 7) is 2.85. The standard InChI is InChI=1S/C15H22Cl2N2O2/c1-10(4-5-19(2)3)18-15(21)9-14(20)11-6-12(16)8-13(17)7-11/h6-8,10,14,20H,4-5,9H2,1-3H3,(H,18,21). The summed E-state index contributed by atoms with van der Waals surface area (Å²) in [6.07, 6.45) is -0.0666.